The SMILES string of the molecule is Cc1ncc(C(=O)Nc2cc(NC(=O)c3c(Cl)cccc3Cl)ccn2)s1. The van der Waals surface area contributed by atoms with Gasteiger partial charge in [-0.2, -0.15) is 0 Å². The van der Waals surface area contributed by atoms with Crippen LogP contribution >= 0.6 is 34.5 Å². The van der Waals surface area contributed by atoms with Crippen LogP contribution in [0.3, 0.4) is 0 Å². The summed E-state index contributed by atoms with van der Waals surface area (Å²) in [6.45, 7) is 1.82. The zero-order valence-electron chi connectivity index (χ0n) is 13.4. The van der Waals surface area contributed by atoms with Crippen LogP contribution in [-0.4, -0.2) is 21.8 Å². The minimum Gasteiger partial charge on any atom is -0.322 e. The van der Waals surface area contributed by atoms with Crippen molar-refractivity contribution in [3.8, 4) is 0 Å². The summed E-state index contributed by atoms with van der Waals surface area (Å²) in [6, 6.07) is 7.95. The van der Waals surface area contributed by atoms with Gasteiger partial charge in [-0.05, 0) is 25.1 Å². The van der Waals surface area contributed by atoms with Crippen LogP contribution in [0.2, 0.25) is 10.0 Å². The van der Waals surface area contributed by atoms with Gasteiger partial charge in [-0.25, -0.2) is 9.97 Å². The lowest BCUT2D eigenvalue weighted by molar-refractivity contribution is 0.102. The van der Waals surface area contributed by atoms with E-state index in [1.54, 1.807) is 24.3 Å². The molecule has 2 aromatic heterocycles. The molecule has 132 valence electrons. The Bertz CT molecular complexity index is 970. The van der Waals surface area contributed by atoms with Gasteiger partial charge < -0.3 is 10.6 Å². The number of halogens is 2. The van der Waals surface area contributed by atoms with E-state index < -0.39 is 5.91 Å². The average Bonchev–Trinajstić information content (AvgIpc) is 3.01. The van der Waals surface area contributed by atoms with Crippen LogP contribution in [0.1, 0.15) is 25.0 Å². The average molecular weight is 407 g/mol. The predicted molar refractivity (Wildman–Crippen MR) is 103 cm³/mol. The zero-order valence-corrected chi connectivity index (χ0v) is 15.7. The van der Waals surface area contributed by atoms with Crippen molar-refractivity contribution in [2.75, 3.05) is 10.6 Å². The molecule has 2 N–H and O–H groups in total. The third-order valence-electron chi connectivity index (χ3n) is 3.29. The second-order valence-corrected chi connectivity index (χ2v) is 7.23. The van der Waals surface area contributed by atoms with Crippen LogP contribution in [-0.2, 0) is 0 Å². The minimum absolute atomic E-state index is 0.179. The molecule has 9 heteroatoms. The van der Waals surface area contributed by atoms with Gasteiger partial charge in [-0.3, -0.25) is 9.59 Å². The van der Waals surface area contributed by atoms with Crippen LogP contribution in [0.15, 0.2) is 42.7 Å². The normalized spacial score (nSPS) is 10.4. The van der Waals surface area contributed by atoms with E-state index in [9.17, 15) is 9.59 Å². The number of carbonyl (C=O) groups is 2. The fourth-order valence-electron chi connectivity index (χ4n) is 2.13. The highest BCUT2D eigenvalue weighted by molar-refractivity contribution is 7.13. The van der Waals surface area contributed by atoms with Crippen molar-refractivity contribution < 1.29 is 9.59 Å². The molecular weight excluding hydrogens is 395 g/mol. The van der Waals surface area contributed by atoms with Gasteiger partial charge in [-0.1, -0.05) is 29.3 Å². The standard InChI is InChI=1S/C17H12Cl2N4O2S/c1-9-21-8-13(26-9)16(24)23-14-7-10(5-6-20-14)22-17(25)15-11(18)3-2-4-12(15)19/h2-8H,1H3,(H2,20,22,23,24,25). The monoisotopic (exact) mass is 406 g/mol. The Morgan fingerprint density at radius 3 is 2.42 bits per heavy atom. The third-order valence-corrected chi connectivity index (χ3v) is 4.84. The highest BCUT2D eigenvalue weighted by Gasteiger charge is 2.15. The van der Waals surface area contributed by atoms with Gasteiger partial charge in [0.1, 0.15) is 10.7 Å². The van der Waals surface area contributed by atoms with E-state index in [4.69, 9.17) is 23.2 Å². The summed E-state index contributed by atoms with van der Waals surface area (Å²) in [5.41, 5.74) is 0.620. The number of carbonyl (C=O) groups excluding carboxylic acids is 2. The second-order valence-electron chi connectivity index (χ2n) is 5.18. The fraction of sp³-hybridized carbons (Fsp3) is 0.0588. The molecule has 0 fully saturated rings. The summed E-state index contributed by atoms with van der Waals surface area (Å²) in [4.78, 5) is 33.2. The molecule has 0 unspecified atom stereocenters. The number of pyridine rings is 1. The summed E-state index contributed by atoms with van der Waals surface area (Å²) in [7, 11) is 0. The molecule has 0 spiro atoms. The van der Waals surface area contributed by atoms with Crippen molar-refractivity contribution in [3.63, 3.8) is 0 Å². The number of aromatic nitrogens is 2. The van der Waals surface area contributed by atoms with Gasteiger partial charge >= 0.3 is 0 Å². The molecule has 0 radical (unpaired) electrons. The molecule has 26 heavy (non-hydrogen) atoms. The van der Waals surface area contributed by atoms with Crippen LogP contribution in [0.25, 0.3) is 0 Å². The molecule has 0 saturated heterocycles. The van der Waals surface area contributed by atoms with E-state index in [-0.39, 0.29) is 21.5 Å². The van der Waals surface area contributed by atoms with Gasteiger partial charge in [0, 0.05) is 18.0 Å². The molecule has 3 aromatic rings. The van der Waals surface area contributed by atoms with Gasteiger partial charge in [0.15, 0.2) is 0 Å². The maximum absolute atomic E-state index is 12.4. The molecule has 0 atom stereocenters. The number of hydrogen-bond acceptors (Lipinski definition) is 5. The van der Waals surface area contributed by atoms with Crippen molar-refractivity contribution >= 4 is 57.9 Å². The predicted octanol–water partition coefficient (Wildman–Crippen LogP) is 4.66. The molecule has 0 aliphatic rings. The van der Waals surface area contributed by atoms with E-state index in [2.05, 4.69) is 20.6 Å². The summed E-state index contributed by atoms with van der Waals surface area (Å²) in [5, 5.41) is 6.64. The number of thiazole rings is 1. The molecule has 0 aliphatic heterocycles. The van der Waals surface area contributed by atoms with E-state index in [1.165, 1.54) is 29.8 Å². The number of anilines is 2. The summed E-state index contributed by atoms with van der Waals surface area (Å²) >= 11 is 13.4. The Labute approximate surface area is 163 Å². The Hall–Kier alpha value is -2.48. The van der Waals surface area contributed by atoms with Crippen molar-refractivity contribution in [1.29, 1.82) is 0 Å². The Morgan fingerprint density at radius 2 is 1.77 bits per heavy atom. The lowest BCUT2D eigenvalue weighted by Gasteiger charge is -2.09. The molecule has 2 heterocycles. The van der Waals surface area contributed by atoms with Gasteiger partial charge in [-0.15, -0.1) is 11.3 Å². The van der Waals surface area contributed by atoms with Crippen LogP contribution in [0.4, 0.5) is 11.5 Å². The Morgan fingerprint density at radius 1 is 1.04 bits per heavy atom. The van der Waals surface area contributed by atoms with Crippen molar-refractivity contribution in [3.05, 3.63) is 68.2 Å². The summed E-state index contributed by atoms with van der Waals surface area (Å²) < 4.78 is 0. The first-order valence-corrected chi connectivity index (χ1v) is 8.96. The molecule has 6 nitrogen and oxygen atoms in total. The largest absolute Gasteiger partial charge is 0.322 e. The number of nitrogens with one attached hydrogen (secondary N) is 2. The number of benzene rings is 1. The van der Waals surface area contributed by atoms with Crippen LogP contribution in [0.5, 0.6) is 0 Å². The number of hydrogen-bond donors (Lipinski definition) is 2. The topological polar surface area (TPSA) is 84.0 Å². The first-order chi connectivity index (χ1) is 12.4. The number of rotatable bonds is 4. The number of amides is 2. The van der Waals surface area contributed by atoms with Crippen LogP contribution in [0, 0.1) is 6.92 Å². The number of nitrogens with zero attached hydrogens (tertiary/aromatic N) is 2. The zero-order chi connectivity index (χ0) is 18.7. The fourth-order valence-corrected chi connectivity index (χ4v) is 3.37. The first-order valence-electron chi connectivity index (χ1n) is 7.39. The van der Waals surface area contributed by atoms with Gasteiger partial charge in [0.25, 0.3) is 11.8 Å². The molecule has 0 saturated carbocycles. The second kappa shape index (κ2) is 7.82. The highest BCUT2D eigenvalue weighted by atomic mass is 35.5. The van der Waals surface area contributed by atoms with E-state index in [0.29, 0.717) is 16.4 Å². The van der Waals surface area contributed by atoms with E-state index >= 15 is 0 Å². The van der Waals surface area contributed by atoms with Gasteiger partial charge in [0.2, 0.25) is 0 Å². The lowest BCUT2D eigenvalue weighted by Crippen LogP contribution is -2.15. The van der Waals surface area contributed by atoms with Gasteiger partial charge in [0.05, 0.1) is 26.8 Å². The van der Waals surface area contributed by atoms with E-state index in [1.807, 2.05) is 6.92 Å². The van der Waals surface area contributed by atoms with Crippen molar-refractivity contribution in [2.24, 2.45) is 0 Å². The molecule has 0 bridgehead atoms. The molecule has 2 amide bonds. The highest BCUT2D eigenvalue weighted by Crippen LogP contribution is 2.25. The molecule has 0 aliphatic carbocycles. The summed E-state index contributed by atoms with van der Waals surface area (Å²) in [5.74, 6) is -0.480. The number of aryl methyl sites for hydroxylation is 1. The van der Waals surface area contributed by atoms with E-state index in [0.717, 1.165) is 5.01 Å². The first kappa shape index (κ1) is 18.3. The minimum atomic E-state index is -0.456. The molecule has 1 aromatic carbocycles. The molecular formula is C17H12Cl2N4O2S. The third kappa shape index (κ3) is 4.19. The van der Waals surface area contributed by atoms with Crippen LogP contribution < -0.4 is 10.6 Å². The maximum Gasteiger partial charge on any atom is 0.268 e. The quantitative estimate of drug-likeness (QED) is 0.659. The Balaban J connectivity index is 1.75. The summed E-state index contributed by atoms with van der Waals surface area (Å²) in [6.07, 6.45) is 2.97. The smallest absolute Gasteiger partial charge is 0.268 e. The van der Waals surface area contributed by atoms with Crippen molar-refractivity contribution in [2.45, 2.75) is 6.92 Å². The lowest BCUT2D eigenvalue weighted by atomic mass is 10.2. The molecule has 3 rings (SSSR count). The maximum atomic E-state index is 12.4. The van der Waals surface area contributed by atoms with Crippen molar-refractivity contribution in [1.82, 2.24) is 9.97 Å². The Kier molecular flexibility index (Phi) is 5.51.